The van der Waals surface area contributed by atoms with Gasteiger partial charge in [0.2, 0.25) is 0 Å². The second-order valence-electron chi connectivity index (χ2n) is 8.93. The highest BCUT2D eigenvalue weighted by molar-refractivity contribution is 6.46. The number of pyridine rings is 1. The molecule has 2 heterocycles. The van der Waals surface area contributed by atoms with Crippen molar-refractivity contribution in [1.82, 2.24) is 9.88 Å². The van der Waals surface area contributed by atoms with Gasteiger partial charge < -0.3 is 14.7 Å². The number of Topliss-reactive ketones (excluding diaryl/α,β-unsaturated/α-hetero) is 1. The molecule has 0 unspecified atom stereocenters. The molecule has 1 aliphatic rings. The number of aryl methyl sites for hydroxylation is 1. The Morgan fingerprint density at radius 3 is 2.38 bits per heavy atom. The van der Waals surface area contributed by atoms with Gasteiger partial charge >= 0.3 is 0 Å². The molecule has 34 heavy (non-hydrogen) atoms. The van der Waals surface area contributed by atoms with E-state index in [-0.39, 0.29) is 17.9 Å². The number of hydrogen-bond acceptors (Lipinski definition) is 5. The molecule has 4 rings (SSSR count). The van der Waals surface area contributed by atoms with E-state index in [0.717, 1.165) is 16.7 Å². The van der Waals surface area contributed by atoms with Gasteiger partial charge in [0.15, 0.2) is 0 Å². The lowest BCUT2D eigenvalue weighted by Gasteiger charge is -2.25. The van der Waals surface area contributed by atoms with E-state index in [1.54, 1.807) is 42.7 Å². The maximum atomic E-state index is 13.2. The van der Waals surface area contributed by atoms with Gasteiger partial charge in [-0.25, -0.2) is 0 Å². The molecular weight excluding hydrogens is 428 g/mol. The third-order valence-corrected chi connectivity index (χ3v) is 5.72. The average Bonchev–Trinajstić information content (AvgIpc) is 3.08. The molecule has 1 fully saturated rings. The molecule has 0 saturated carbocycles. The molecule has 0 aliphatic carbocycles. The van der Waals surface area contributed by atoms with Gasteiger partial charge in [-0.1, -0.05) is 49.7 Å². The van der Waals surface area contributed by atoms with Crippen LogP contribution in [0.15, 0.2) is 78.6 Å². The Hall–Kier alpha value is -3.93. The summed E-state index contributed by atoms with van der Waals surface area (Å²) in [7, 11) is 0. The zero-order chi connectivity index (χ0) is 24.2. The van der Waals surface area contributed by atoms with Crippen LogP contribution in [0.4, 0.5) is 0 Å². The number of ketones is 1. The highest BCUT2D eigenvalue weighted by Gasteiger charge is 2.46. The van der Waals surface area contributed by atoms with Crippen LogP contribution in [0.2, 0.25) is 0 Å². The van der Waals surface area contributed by atoms with Crippen LogP contribution in [-0.2, 0) is 16.1 Å². The number of aromatic nitrogens is 1. The number of carbonyl (C=O) groups is 2. The zero-order valence-corrected chi connectivity index (χ0v) is 19.6. The minimum absolute atomic E-state index is 0.0774. The highest BCUT2D eigenvalue weighted by Crippen LogP contribution is 2.40. The van der Waals surface area contributed by atoms with Gasteiger partial charge in [0, 0.05) is 24.5 Å². The van der Waals surface area contributed by atoms with Crippen LogP contribution in [0.1, 0.15) is 42.1 Å². The maximum absolute atomic E-state index is 13.2. The van der Waals surface area contributed by atoms with E-state index in [1.165, 1.54) is 4.90 Å². The Kier molecular flexibility index (Phi) is 6.77. The van der Waals surface area contributed by atoms with Crippen LogP contribution in [0, 0.1) is 12.8 Å². The number of aliphatic hydroxyl groups is 1. The molecule has 1 atom stereocenters. The zero-order valence-electron chi connectivity index (χ0n) is 19.6. The second-order valence-corrected chi connectivity index (χ2v) is 8.93. The van der Waals surface area contributed by atoms with E-state index in [9.17, 15) is 14.7 Å². The summed E-state index contributed by atoms with van der Waals surface area (Å²) in [5.74, 6) is -0.483. The molecule has 3 aromatic rings. The van der Waals surface area contributed by atoms with Crippen LogP contribution in [0.5, 0.6) is 5.75 Å². The Balaban J connectivity index is 1.75. The van der Waals surface area contributed by atoms with E-state index >= 15 is 0 Å². The minimum atomic E-state index is -0.710. The first kappa shape index (κ1) is 23.2. The fourth-order valence-corrected chi connectivity index (χ4v) is 3.95. The van der Waals surface area contributed by atoms with Crippen molar-refractivity contribution in [1.29, 1.82) is 0 Å². The summed E-state index contributed by atoms with van der Waals surface area (Å²) in [6.07, 6.45) is 3.32. The molecule has 1 amide bonds. The van der Waals surface area contributed by atoms with E-state index in [1.807, 2.05) is 37.3 Å². The lowest BCUT2D eigenvalue weighted by atomic mass is 9.94. The summed E-state index contributed by atoms with van der Waals surface area (Å²) in [5, 5.41) is 11.2. The first-order valence-electron chi connectivity index (χ1n) is 11.3. The Morgan fingerprint density at radius 1 is 1.06 bits per heavy atom. The molecule has 0 radical (unpaired) electrons. The molecular formula is C28H28N2O4. The normalized spacial score (nSPS) is 17.4. The number of nitrogens with zero attached hydrogens (tertiary/aromatic N) is 2. The van der Waals surface area contributed by atoms with Gasteiger partial charge in [0.05, 0.1) is 18.2 Å². The summed E-state index contributed by atoms with van der Waals surface area (Å²) in [4.78, 5) is 31.9. The highest BCUT2D eigenvalue weighted by atomic mass is 16.5. The summed E-state index contributed by atoms with van der Waals surface area (Å²) in [6.45, 7) is 6.89. The Morgan fingerprint density at radius 2 is 1.76 bits per heavy atom. The van der Waals surface area contributed by atoms with Crippen LogP contribution in [0.25, 0.3) is 5.76 Å². The minimum Gasteiger partial charge on any atom is -0.507 e. The molecule has 1 N–H and O–H groups in total. The van der Waals surface area contributed by atoms with Crippen molar-refractivity contribution in [2.45, 2.75) is 33.4 Å². The van der Waals surface area contributed by atoms with Crippen molar-refractivity contribution < 1.29 is 19.4 Å². The maximum Gasteiger partial charge on any atom is 0.295 e. The summed E-state index contributed by atoms with van der Waals surface area (Å²) in [6, 6.07) is 17.5. The van der Waals surface area contributed by atoms with E-state index in [2.05, 4.69) is 18.8 Å². The van der Waals surface area contributed by atoms with Gasteiger partial charge in [-0.05, 0) is 54.3 Å². The lowest BCUT2D eigenvalue weighted by Crippen LogP contribution is -2.29. The Labute approximate surface area is 199 Å². The number of benzene rings is 2. The van der Waals surface area contributed by atoms with Crippen molar-refractivity contribution in [3.05, 3.63) is 101 Å². The fourth-order valence-electron chi connectivity index (χ4n) is 3.95. The van der Waals surface area contributed by atoms with Crippen LogP contribution in [0.3, 0.4) is 0 Å². The van der Waals surface area contributed by atoms with Gasteiger partial charge in [-0.2, -0.15) is 0 Å². The van der Waals surface area contributed by atoms with E-state index in [0.29, 0.717) is 23.8 Å². The van der Waals surface area contributed by atoms with Crippen LogP contribution >= 0.6 is 0 Å². The first-order chi connectivity index (χ1) is 16.3. The van der Waals surface area contributed by atoms with Crippen molar-refractivity contribution >= 4 is 17.4 Å². The largest absolute Gasteiger partial charge is 0.507 e. The van der Waals surface area contributed by atoms with Gasteiger partial charge in [-0.3, -0.25) is 14.6 Å². The number of rotatable bonds is 7. The summed E-state index contributed by atoms with van der Waals surface area (Å²) in [5.41, 5.74) is 3.15. The smallest absolute Gasteiger partial charge is 0.295 e. The average molecular weight is 457 g/mol. The SMILES string of the molecule is Cc1ccc([C@H]2C(=C(O)c3ccc(OCC(C)C)cc3)C(=O)C(=O)N2Cc2cccnc2)cc1. The third-order valence-electron chi connectivity index (χ3n) is 5.72. The Bertz CT molecular complexity index is 1200. The topological polar surface area (TPSA) is 79.7 Å². The molecule has 6 heteroatoms. The van der Waals surface area contributed by atoms with E-state index < -0.39 is 17.7 Å². The number of amides is 1. The lowest BCUT2D eigenvalue weighted by molar-refractivity contribution is -0.140. The molecule has 1 saturated heterocycles. The number of likely N-dealkylation sites (tertiary alicyclic amines) is 1. The van der Waals surface area contributed by atoms with Crippen LogP contribution in [-0.4, -0.2) is 33.3 Å². The molecule has 0 bridgehead atoms. The van der Waals surface area contributed by atoms with Gasteiger partial charge in [0.25, 0.3) is 11.7 Å². The molecule has 6 nitrogen and oxygen atoms in total. The number of hydrogen-bond donors (Lipinski definition) is 1. The number of carbonyl (C=O) groups excluding carboxylic acids is 2. The fraction of sp³-hybridized carbons (Fsp3) is 0.250. The first-order valence-corrected chi connectivity index (χ1v) is 11.3. The van der Waals surface area contributed by atoms with Crippen molar-refractivity contribution in [2.24, 2.45) is 5.92 Å². The standard InChI is InChI=1S/C28H28N2O4/c1-18(2)17-34-23-12-10-22(11-13-23)26(31)24-25(21-8-6-19(3)7-9-21)30(28(33)27(24)32)16-20-5-4-14-29-15-20/h4-15,18,25,31H,16-17H2,1-3H3/t25-/m0/s1. The van der Waals surface area contributed by atoms with Gasteiger partial charge in [0.1, 0.15) is 11.5 Å². The van der Waals surface area contributed by atoms with Crippen LogP contribution < -0.4 is 4.74 Å². The molecule has 1 aliphatic heterocycles. The number of ether oxygens (including phenoxy) is 1. The molecule has 1 aromatic heterocycles. The predicted molar refractivity (Wildman–Crippen MR) is 130 cm³/mol. The van der Waals surface area contributed by atoms with Crippen molar-refractivity contribution in [3.8, 4) is 5.75 Å². The summed E-state index contributed by atoms with van der Waals surface area (Å²) < 4.78 is 5.72. The van der Waals surface area contributed by atoms with Gasteiger partial charge in [-0.15, -0.1) is 0 Å². The van der Waals surface area contributed by atoms with Crippen molar-refractivity contribution in [3.63, 3.8) is 0 Å². The monoisotopic (exact) mass is 456 g/mol. The second kappa shape index (κ2) is 9.91. The van der Waals surface area contributed by atoms with Crippen molar-refractivity contribution in [2.75, 3.05) is 6.61 Å². The molecule has 2 aromatic carbocycles. The summed E-state index contributed by atoms with van der Waals surface area (Å²) >= 11 is 0. The predicted octanol–water partition coefficient (Wildman–Crippen LogP) is 5.05. The van der Waals surface area contributed by atoms with E-state index in [4.69, 9.17) is 4.74 Å². The third kappa shape index (κ3) is 4.86. The molecule has 0 spiro atoms. The molecule has 174 valence electrons. The quantitative estimate of drug-likeness (QED) is 0.306. The number of aliphatic hydroxyl groups excluding tert-OH is 1.